The Balaban J connectivity index is 2.78. The second kappa shape index (κ2) is 3.29. The number of aliphatic hydroxyl groups is 1. The first-order valence-corrected chi connectivity index (χ1v) is 4.06. The topological polar surface area (TPSA) is 59.2 Å². The van der Waals surface area contributed by atoms with Gasteiger partial charge < -0.3 is 9.52 Å². The van der Waals surface area contributed by atoms with Gasteiger partial charge in [-0.05, 0) is 6.92 Å². The highest BCUT2D eigenvalue weighted by molar-refractivity contribution is 14.1. The van der Waals surface area contributed by atoms with E-state index in [9.17, 15) is 0 Å². The molecule has 1 unspecified atom stereocenters. The van der Waals surface area contributed by atoms with E-state index in [4.69, 9.17) is 9.52 Å². The number of aromatic nitrogens is 2. The SMILES string of the molecule is CC(I)c1nnc(CO)o1. The average Bonchev–Trinajstić information content (AvgIpc) is 2.34. The molecule has 0 bridgehead atoms. The van der Waals surface area contributed by atoms with Gasteiger partial charge in [0.1, 0.15) is 6.61 Å². The fourth-order valence-electron chi connectivity index (χ4n) is 0.491. The number of rotatable bonds is 2. The van der Waals surface area contributed by atoms with Crippen LogP contribution in [-0.4, -0.2) is 15.3 Å². The van der Waals surface area contributed by atoms with Crippen molar-refractivity contribution in [2.75, 3.05) is 0 Å². The van der Waals surface area contributed by atoms with Crippen molar-refractivity contribution in [2.45, 2.75) is 17.5 Å². The van der Waals surface area contributed by atoms with Gasteiger partial charge in [-0.15, -0.1) is 10.2 Å². The van der Waals surface area contributed by atoms with Crippen LogP contribution in [-0.2, 0) is 6.61 Å². The van der Waals surface area contributed by atoms with Gasteiger partial charge in [-0.1, -0.05) is 22.6 Å². The molecule has 5 heteroatoms. The van der Waals surface area contributed by atoms with Crippen LogP contribution in [0.25, 0.3) is 0 Å². The lowest BCUT2D eigenvalue weighted by Gasteiger charge is -1.90. The molecule has 0 spiro atoms. The summed E-state index contributed by atoms with van der Waals surface area (Å²) >= 11 is 2.16. The third-order valence-corrected chi connectivity index (χ3v) is 1.49. The summed E-state index contributed by atoms with van der Waals surface area (Å²) in [5, 5.41) is 15.8. The van der Waals surface area contributed by atoms with E-state index in [0.717, 1.165) is 0 Å². The summed E-state index contributed by atoms with van der Waals surface area (Å²) in [6.07, 6.45) is 0. The maximum atomic E-state index is 8.53. The molecule has 1 atom stereocenters. The molecule has 56 valence electrons. The van der Waals surface area contributed by atoms with E-state index in [1.54, 1.807) is 0 Å². The first-order valence-electron chi connectivity index (χ1n) is 2.81. The van der Waals surface area contributed by atoms with Gasteiger partial charge in [0.15, 0.2) is 0 Å². The van der Waals surface area contributed by atoms with Crippen LogP contribution in [0.2, 0.25) is 0 Å². The maximum Gasteiger partial charge on any atom is 0.241 e. The summed E-state index contributed by atoms with van der Waals surface area (Å²) in [4.78, 5) is 0. The molecule has 0 saturated carbocycles. The summed E-state index contributed by atoms with van der Waals surface area (Å²) in [7, 11) is 0. The van der Waals surface area contributed by atoms with Crippen molar-refractivity contribution in [2.24, 2.45) is 0 Å². The molecule has 1 aromatic rings. The molecular formula is C5H7IN2O2. The Hall–Kier alpha value is -0.170. The fraction of sp³-hybridized carbons (Fsp3) is 0.600. The van der Waals surface area contributed by atoms with E-state index in [1.165, 1.54) is 0 Å². The number of hydrogen-bond acceptors (Lipinski definition) is 4. The number of aliphatic hydroxyl groups excluding tert-OH is 1. The zero-order chi connectivity index (χ0) is 7.56. The van der Waals surface area contributed by atoms with Crippen LogP contribution in [0.1, 0.15) is 22.6 Å². The molecule has 0 aliphatic carbocycles. The molecule has 1 rings (SSSR count). The van der Waals surface area contributed by atoms with Crippen LogP contribution in [0, 0.1) is 0 Å². The lowest BCUT2D eigenvalue weighted by Crippen LogP contribution is -1.81. The molecule has 1 heterocycles. The van der Waals surface area contributed by atoms with E-state index >= 15 is 0 Å². The number of halogens is 1. The van der Waals surface area contributed by atoms with Crippen LogP contribution < -0.4 is 0 Å². The monoisotopic (exact) mass is 254 g/mol. The normalized spacial score (nSPS) is 13.5. The van der Waals surface area contributed by atoms with Crippen LogP contribution in [0.5, 0.6) is 0 Å². The Morgan fingerprint density at radius 1 is 1.70 bits per heavy atom. The standard InChI is InChI=1S/C5H7IN2O2/c1-3(6)5-8-7-4(2-9)10-5/h3,9H,2H2,1H3. The number of nitrogens with zero attached hydrogens (tertiary/aromatic N) is 2. The van der Waals surface area contributed by atoms with E-state index < -0.39 is 0 Å². The van der Waals surface area contributed by atoms with Gasteiger partial charge in [-0.2, -0.15) is 0 Å². The highest BCUT2D eigenvalue weighted by Crippen LogP contribution is 2.19. The molecule has 0 aliphatic heterocycles. The Morgan fingerprint density at radius 3 is 2.70 bits per heavy atom. The zero-order valence-corrected chi connectivity index (χ0v) is 7.57. The molecular weight excluding hydrogens is 247 g/mol. The number of alkyl halides is 1. The zero-order valence-electron chi connectivity index (χ0n) is 5.41. The van der Waals surface area contributed by atoms with E-state index in [-0.39, 0.29) is 16.4 Å². The largest absolute Gasteiger partial charge is 0.422 e. The van der Waals surface area contributed by atoms with Crippen molar-refractivity contribution in [3.8, 4) is 0 Å². The van der Waals surface area contributed by atoms with Crippen LogP contribution >= 0.6 is 22.6 Å². The smallest absolute Gasteiger partial charge is 0.241 e. The van der Waals surface area contributed by atoms with E-state index in [0.29, 0.717) is 5.89 Å². The van der Waals surface area contributed by atoms with Gasteiger partial charge in [0, 0.05) is 0 Å². The second-order valence-corrected chi connectivity index (χ2v) is 3.68. The van der Waals surface area contributed by atoms with Crippen molar-refractivity contribution in [3.63, 3.8) is 0 Å². The molecule has 0 aliphatic rings. The summed E-state index contributed by atoms with van der Waals surface area (Å²) in [6.45, 7) is 1.76. The van der Waals surface area contributed by atoms with Gasteiger partial charge in [0.05, 0.1) is 3.92 Å². The van der Waals surface area contributed by atoms with E-state index in [2.05, 4.69) is 32.8 Å². The van der Waals surface area contributed by atoms with Crippen molar-refractivity contribution in [3.05, 3.63) is 11.8 Å². The molecule has 0 saturated heterocycles. The minimum absolute atomic E-state index is 0.184. The lowest BCUT2D eigenvalue weighted by atomic mass is 10.5. The highest BCUT2D eigenvalue weighted by Gasteiger charge is 2.08. The molecule has 0 aromatic carbocycles. The molecule has 4 nitrogen and oxygen atoms in total. The summed E-state index contributed by atoms with van der Waals surface area (Å²) in [6, 6.07) is 0. The van der Waals surface area contributed by atoms with Crippen molar-refractivity contribution in [1.29, 1.82) is 0 Å². The predicted molar refractivity (Wildman–Crippen MR) is 42.7 cm³/mol. The van der Waals surface area contributed by atoms with Gasteiger partial charge in [-0.3, -0.25) is 0 Å². The molecule has 10 heavy (non-hydrogen) atoms. The van der Waals surface area contributed by atoms with E-state index in [1.807, 2.05) is 6.92 Å². The Labute approximate surface area is 71.8 Å². The molecule has 1 aromatic heterocycles. The summed E-state index contributed by atoms with van der Waals surface area (Å²) in [5.74, 6) is 0.836. The Kier molecular flexibility index (Phi) is 2.61. The van der Waals surface area contributed by atoms with Gasteiger partial charge in [0.2, 0.25) is 11.8 Å². The molecule has 1 N–H and O–H groups in total. The third-order valence-electron chi connectivity index (χ3n) is 0.958. The highest BCUT2D eigenvalue weighted by atomic mass is 127. The molecule has 0 radical (unpaired) electrons. The fourth-order valence-corrected chi connectivity index (χ4v) is 0.743. The first kappa shape index (κ1) is 7.93. The van der Waals surface area contributed by atoms with Crippen LogP contribution in [0.4, 0.5) is 0 Å². The first-order chi connectivity index (χ1) is 4.74. The Bertz CT molecular complexity index is 211. The van der Waals surface area contributed by atoms with Gasteiger partial charge >= 0.3 is 0 Å². The summed E-state index contributed by atoms with van der Waals surface area (Å²) < 4.78 is 5.21. The molecule has 0 fully saturated rings. The third kappa shape index (κ3) is 1.66. The predicted octanol–water partition coefficient (Wildman–Crippen LogP) is 1.06. The van der Waals surface area contributed by atoms with Crippen LogP contribution in [0.15, 0.2) is 4.42 Å². The van der Waals surface area contributed by atoms with Crippen molar-refractivity contribution in [1.82, 2.24) is 10.2 Å². The van der Waals surface area contributed by atoms with Crippen molar-refractivity contribution >= 4 is 22.6 Å². The Morgan fingerprint density at radius 2 is 2.40 bits per heavy atom. The second-order valence-electron chi connectivity index (χ2n) is 1.81. The van der Waals surface area contributed by atoms with Gasteiger partial charge in [-0.25, -0.2) is 0 Å². The molecule has 0 amide bonds. The number of hydrogen-bond donors (Lipinski definition) is 1. The van der Waals surface area contributed by atoms with Crippen LogP contribution in [0.3, 0.4) is 0 Å². The lowest BCUT2D eigenvalue weighted by molar-refractivity contribution is 0.237. The average molecular weight is 254 g/mol. The van der Waals surface area contributed by atoms with Gasteiger partial charge in [0.25, 0.3) is 0 Å². The quantitative estimate of drug-likeness (QED) is 0.633. The minimum atomic E-state index is -0.184. The minimum Gasteiger partial charge on any atom is -0.422 e. The summed E-state index contributed by atoms with van der Waals surface area (Å²) in [5.41, 5.74) is 0. The van der Waals surface area contributed by atoms with Crippen molar-refractivity contribution < 1.29 is 9.52 Å². The maximum absolute atomic E-state index is 8.53.